The minimum atomic E-state index is -1.09. The highest BCUT2D eigenvalue weighted by Gasteiger charge is 2.49. The van der Waals surface area contributed by atoms with E-state index < -0.39 is 5.41 Å². The van der Waals surface area contributed by atoms with Crippen LogP contribution in [0, 0.1) is 11.3 Å². The van der Waals surface area contributed by atoms with Gasteiger partial charge in [-0.1, -0.05) is 51.9 Å². The van der Waals surface area contributed by atoms with Crippen molar-refractivity contribution in [1.29, 1.82) is 0 Å². The third-order valence-corrected chi connectivity index (χ3v) is 4.65. The van der Waals surface area contributed by atoms with E-state index in [9.17, 15) is 9.59 Å². The maximum Gasteiger partial charge on any atom is 0.323 e. The largest absolute Gasteiger partial charge is 0.465 e. The molecule has 0 unspecified atom stereocenters. The first-order valence-corrected chi connectivity index (χ1v) is 8.95. The average Bonchev–Trinajstić information content (AvgIpc) is 2.52. The topological polar surface area (TPSA) is 52.6 Å². The lowest BCUT2D eigenvalue weighted by Gasteiger charge is -2.34. The highest BCUT2D eigenvalue weighted by molar-refractivity contribution is 6.00. The molecule has 0 bridgehead atoms. The molecule has 0 aromatic rings. The molecule has 0 amide bonds. The standard InChI is InChI=1S/C18H32O4/c1-4-7-13-18(16(19)21-5-2,17(20)22-6-3)14-15-11-9-8-10-12-15/h15H,4-14H2,1-3H3. The molecule has 0 saturated heterocycles. The number of carbonyl (C=O) groups is 2. The Balaban J connectivity index is 2.99. The van der Waals surface area contributed by atoms with Gasteiger partial charge in [-0.05, 0) is 32.6 Å². The second-order valence-electron chi connectivity index (χ2n) is 6.33. The molecule has 0 atom stereocenters. The van der Waals surface area contributed by atoms with Crippen LogP contribution >= 0.6 is 0 Å². The molecule has 22 heavy (non-hydrogen) atoms. The Kier molecular flexibility index (Phi) is 8.51. The summed E-state index contributed by atoms with van der Waals surface area (Å²) in [5.74, 6) is -0.334. The van der Waals surface area contributed by atoms with Gasteiger partial charge in [-0.15, -0.1) is 0 Å². The minimum Gasteiger partial charge on any atom is -0.465 e. The summed E-state index contributed by atoms with van der Waals surface area (Å²) in [6.45, 7) is 6.25. The van der Waals surface area contributed by atoms with E-state index in [1.54, 1.807) is 13.8 Å². The highest BCUT2D eigenvalue weighted by atomic mass is 16.6. The van der Waals surface area contributed by atoms with Crippen molar-refractivity contribution in [3.8, 4) is 0 Å². The third kappa shape index (κ3) is 4.99. The molecule has 0 heterocycles. The maximum absolute atomic E-state index is 12.6. The van der Waals surface area contributed by atoms with Crippen molar-refractivity contribution in [3.05, 3.63) is 0 Å². The average molecular weight is 312 g/mol. The van der Waals surface area contributed by atoms with E-state index in [0.717, 1.165) is 25.7 Å². The molecule has 1 aliphatic rings. The van der Waals surface area contributed by atoms with E-state index in [1.165, 1.54) is 19.3 Å². The van der Waals surface area contributed by atoms with E-state index in [0.29, 0.717) is 32.0 Å². The first-order chi connectivity index (χ1) is 10.6. The summed E-state index contributed by atoms with van der Waals surface area (Å²) in [5.41, 5.74) is -1.09. The van der Waals surface area contributed by atoms with Gasteiger partial charge >= 0.3 is 11.9 Å². The molecule has 4 heteroatoms. The molecule has 128 valence electrons. The second-order valence-corrected chi connectivity index (χ2v) is 6.33. The minimum absolute atomic E-state index is 0.302. The van der Waals surface area contributed by atoms with Gasteiger partial charge in [-0.2, -0.15) is 0 Å². The van der Waals surface area contributed by atoms with Crippen molar-refractivity contribution in [2.45, 2.75) is 78.6 Å². The normalized spacial score (nSPS) is 16.3. The SMILES string of the molecule is CCCCC(CC1CCCCC1)(C(=O)OCC)C(=O)OCC. The van der Waals surface area contributed by atoms with Crippen LogP contribution < -0.4 is 0 Å². The number of hydrogen-bond donors (Lipinski definition) is 0. The molecule has 0 spiro atoms. The van der Waals surface area contributed by atoms with Crippen molar-refractivity contribution >= 4 is 11.9 Å². The predicted molar refractivity (Wildman–Crippen MR) is 86.4 cm³/mol. The summed E-state index contributed by atoms with van der Waals surface area (Å²) in [4.78, 5) is 25.3. The zero-order valence-electron chi connectivity index (χ0n) is 14.5. The van der Waals surface area contributed by atoms with Gasteiger partial charge in [0.25, 0.3) is 0 Å². The van der Waals surface area contributed by atoms with Crippen LogP contribution in [-0.4, -0.2) is 25.2 Å². The van der Waals surface area contributed by atoms with E-state index >= 15 is 0 Å². The van der Waals surface area contributed by atoms with Gasteiger partial charge in [-0.3, -0.25) is 9.59 Å². The van der Waals surface area contributed by atoms with Crippen LogP contribution in [0.4, 0.5) is 0 Å². The van der Waals surface area contributed by atoms with Crippen LogP contribution in [0.15, 0.2) is 0 Å². The second kappa shape index (κ2) is 9.86. The van der Waals surface area contributed by atoms with Gasteiger partial charge in [0.05, 0.1) is 13.2 Å². The molecule has 1 saturated carbocycles. The molecular formula is C18H32O4. The molecule has 1 aliphatic carbocycles. The number of rotatable bonds is 9. The summed E-state index contributed by atoms with van der Waals surface area (Å²) in [6.07, 6.45) is 8.77. The van der Waals surface area contributed by atoms with Gasteiger partial charge in [0.15, 0.2) is 5.41 Å². The Hall–Kier alpha value is -1.06. The van der Waals surface area contributed by atoms with E-state index in [2.05, 4.69) is 6.92 Å². The zero-order chi connectivity index (χ0) is 16.4. The van der Waals surface area contributed by atoms with Gasteiger partial charge in [0.2, 0.25) is 0 Å². The van der Waals surface area contributed by atoms with Crippen LogP contribution in [0.2, 0.25) is 0 Å². The molecule has 0 aliphatic heterocycles. The number of esters is 2. The molecule has 0 aromatic carbocycles. The molecular weight excluding hydrogens is 280 g/mol. The molecule has 1 rings (SSSR count). The molecule has 1 fully saturated rings. The van der Waals surface area contributed by atoms with Gasteiger partial charge in [0, 0.05) is 0 Å². The number of carbonyl (C=O) groups excluding carboxylic acids is 2. The Morgan fingerprint density at radius 1 is 0.955 bits per heavy atom. The fourth-order valence-corrected chi connectivity index (χ4v) is 3.46. The lowest BCUT2D eigenvalue weighted by atomic mass is 9.71. The van der Waals surface area contributed by atoms with Crippen molar-refractivity contribution < 1.29 is 19.1 Å². The van der Waals surface area contributed by atoms with Crippen LogP contribution in [0.25, 0.3) is 0 Å². The summed E-state index contributed by atoms with van der Waals surface area (Å²) in [6, 6.07) is 0. The predicted octanol–water partition coefficient (Wildman–Crippen LogP) is 4.26. The summed E-state index contributed by atoms with van der Waals surface area (Å²) in [7, 11) is 0. The van der Waals surface area contributed by atoms with Crippen molar-refractivity contribution in [1.82, 2.24) is 0 Å². The third-order valence-electron chi connectivity index (χ3n) is 4.65. The Morgan fingerprint density at radius 2 is 1.50 bits per heavy atom. The maximum atomic E-state index is 12.6. The first-order valence-electron chi connectivity index (χ1n) is 8.95. The van der Waals surface area contributed by atoms with Crippen molar-refractivity contribution in [3.63, 3.8) is 0 Å². The van der Waals surface area contributed by atoms with E-state index in [-0.39, 0.29) is 11.9 Å². The fourth-order valence-electron chi connectivity index (χ4n) is 3.46. The summed E-state index contributed by atoms with van der Waals surface area (Å²) >= 11 is 0. The van der Waals surface area contributed by atoms with Crippen molar-refractivity contribution in [2.24, 2.45) is 11.3 Å². The van der Waals surface area contributed by atoms with Crippen LogP contribution in [0.3, 0.4) is 0 Å². The van der Waals surface area contributed by atoms with Gasteiger partial charge in [-0.25, -0.2) is 0 Å². The molecule has 4 nitrogen and oxygen atoms in total. The summed E-state index contributed by atoms with van der Waals surface area (Å²) in [5, 5.41) is 0. The molecule has 0 aromatic heterocycles. The zero-order valence-corrected chi connectivity index (χ0v) is 14.5. The molecule has 0 N–H and O–H groups in total. The lowest BCUT2D eigenvalue weighted by Crippen LogP contribution is -2.44. The Morgan fingerprint density at radius 3 is 1.95 bits per heavy atom. The number of ether oxygens (including phenoxy) is 2. The van der Waals surface area contributed by atoms with E-state index in [1.807, 2.05) is 0 Å². The van der Waals surface area contributed by atoms with Crippen LogP contribution in [-0.2, 0) is 19.1 Å². The fraction of sp³-hybridized carbons (Fsp3) is 0.889. The van der Waals surface area contributed by atoms with Crippen LogP contribution in [0.5, 0.6) is 0 Å². The Bertz CT molecular complexity index is 327. The highest BCUT2D eigenvalue weighted by Crippen LogP contribution is 2.40. The van der Waals surface area contributed by atoms with Gasteiger partial charge in [0.1, 0.15) is 0 Å². The first kappa shape index (κ1) is 19.0. The number of hydrogen-bond acceptors (Lipinski definition) is 4. The molecule has 0 radical (unpaired) electrons. The van der Waals surface area contributed by atoms with E-state index in [4.69, 9.17) is 9.47 Å². The lowest BCUT2D eigenvalue weighted by molar-refractivity contribution is -0.174. The number of unbranched alkanes of at least 4 members (excludes halogenated alkanes) is 1. The smallest absolute Gasteiger partial charge is 0.323 e. The Labute approximate surface area is 134 Å². The monoisotopic (exact) mass is 312 g/mol. The van der Waals surface area contributed by atoms with Gasteiger partial charge < -0.3 is 9.47 Å². The van der Waals surface area contributed by atoms with Crippen molar-refractivity contribution in [2.75, 3.05) is 13.2 Å². The van der Waals surface area contributed by atoms with Crippen LogP contribution in [0.1, 0.15) is 78.6 Å². The quantitative estimate of drug-likeness (QED) is 0.471. The summed E-state index contributed by atoms with van der Waals surface area (Å²) < 4.78 is 10.5.